The highest BCUT2D eigenvalue weighted by Gasteiger charge is 2.74. The van der Waals surface area contributed by atoms with Crippen molar-refractivity contribution in [3.63, 3.8) is 0 Å². The lowest BCUT2D eigenvalue weighted by molar-refractivity contribution is -0.149. The van der Waals surface area contributed by atoms with Crippen LogP contribution in [0.3, 0.4) is 0 Å². The molecule has 3 heterocycles. The van der Waals surface area contributed by atoms with Crippen LogP contribution < -0.4 is 0 Å². The largest absolute Gasteiger partial charge is 0.460 e. The van der Waals surface area contributed by atoms with Crippen LogP contribution in [0.25, 0.3) is 0 Å². The van der Waals surface area contributed by atoms with Crippen molar-refractivity contribution in [1.82, 2.24) is 0 Å². The molecule has 6 atom stereocenters. The fourth-order valence-corrected chi connectivity index (χ4v) is 7.22. The number of thioether (sulfide) groups is 1. The molecule has 0 N–H and O–H groups in total. The van der Waals surface area contributed by atoms with Crippen molar-refractivity contribution in [3.05, 3.63) is 0 Å². The molecular formula is C14H22O2S. The molecule has 3 aliphatic heterocycles. The molecule has 17 heavy (non-hydrogen) atoms. The van der Waals surface area contributed by atoms with Crippen molar-refractivity contribution in [2.45, 2.75) is 51.2 Å². The molecule has 3 aliphatic rings. The van der Waals surface area contributed by atoms with Crippen molar-refractivity contribution in [2.75, 3.05) is 0 Å². The van der Waals surface area contributed by atoms with Crippen molar-refractivity contribution in [2.24, 2.45) is 29.1 Å². The standard InChI is InChI=1S/C14H22O2S/c1-6(2)8-10-12-14(5,13(15)16-10)9(7(3)4)11(8)17-12/h6-12H,1-5H3. The van der Waals surface area contributed by atoms with Crippen LogP contribution in [0.2, 0.25) is 0 Å². The summed E-state index contributed by atoms with van der Waals surface area (Å²) in [6.07, 6.45) is 0.192. The number of carbonyl (C=O) groups excluding carboxylic acids is 1. The first-order chi connectivity index (χ1) is 7.89. The van der Waals surface area contributed by atoms with Crippen LogP contribution in [0.5, 0.6) is 0 Å². The Bertz CT molecular complexity index is 365. The Labute approximate surface area is 108 Å². The Morgan fingerprint density at radius 1 is 1.24 bits per heavy atom. The van der Waals surface area contributed by atoms with E-state index in [0.29, 0.717) is 34.2 Å². The Balaban J connectivity index is 2.06. The van der Waals surface area contributed by atoms with Gasteiger partial charge < -0.3 is 4.74 Å². The fourth-order valence-electron chi connectivity index (χ4n) is 4.54. The molecule has 3 rings (SSSR count). The highest BCUT2D eigenvalue weighted by atomic mass is 32.2. The lowest BCUT2D eigenvalue weighted by atomic mass is 9.60. The Morgan fingerprint density at radius 2 is 1.88 bits per heavy atom. The van der Waals surface area contributed by atoms with Crippen molar-refractivity contribution < 1.29 is 9.53 Å². The molecule has 0 aromatic heterocycles. The number of hydrogen-bond acceptors (Lipinski definition) is 3. The second-order valence-electron chi connectivity index (χ2n) is 6.77. The van der Waals surface area contributed by atoms with E-state index in [2.05, 4.69) is 34.6 Å². The molecule has 0 aliphatic carbocycles. The molecule has 0 radical (unpaired) electrons. The minimum Gasteiger partial charge on any atom is -0.460 e. The Hall–Kier alpha value is -0.180. The molecule has 3 heteroatoms. The van der Waals surface area contributed by atoms with Gasteiger partial charge in [0.15, 0.2) is 0 Å². The van der Waals surface area contributed by atoms with E-state index in [1.54, 1.807) is 0 Å². The summed E-state index contributed by atoms with van der Waals surface area (Å²) in [4.78, 5) is 12.3. The molecule has 0 amide bonds. The van der Waals surface area contributed by atoms with E-state index < -0.39 is 0 Å². The van der Waals surface area contributed by atoms with E-state index in [0.717, 1.165) is 0 Å². The summed E-state index contributed by atoms with van der Waals surface area (Å²) < 4.78 is 5.74. The summed E-state index contributed by atoms with van der Waals surface area (Å²) in [6.45, 7) is 11.2. The van der Waals surface area contributed by atoms with Gasteiger partial charge in [0.05, 0.1) is 10.7 Å². The molecule has 3 fully saturated rings. The van der Waals surface area contributed by atoms with Crippen LogP contribution in [-0.4, -0.2) is 22.6 Å². The quantitative estimate of drug-likeness (QED) is 0.709. The van der Waals surface area contributed by atoms with Crippen LogP contribution in [0.1, 0.15) is 34.6 Å². The van der Waals surface area contributed by atoms with Gasteiger partial charge in [0.2, 0.25) is 0 Å². The molecule has 2 nitrogen and oxygen atoms in total. The molecule has 0 aromatic carbocycles. The Morgan fingerprint density at radius 3 is 2.41 bits per heavy atom. The van der Waals surface area contributed by atoms with E-state index >= 15 is 0 Å². The zero-order chi connectivity index (χ0) is 12.5. The van der Waals surface area contributed by atoms with Gasteiger partial charge in [0, 0.05) is 11.2 Å². The predicted octanol–water partition coefficient (Wildman–Crippen LogP) is 2.96. The smallest absolute Gasteiger partial charge is 0.313 e. The van der Waals surface area contributed by atoms with Gasteiger partial charge in [-0.3, -0.25) is 4.79 Å². The van der Waals surface area contributed by atoms with Crippen LogP contribution in [0.15, 0.2) is 0 Å². The van der Waals surface area contributed by atoms with Crippen molar-refractivity contribution in [3.8, 4) is 0 Å². The summed E-state index contributed by atoms with van der Waals surface area (Å²) in [7, 11) is 0. The summed E-state index contributed by atoms with van der Waals surface area (Å²) in [5.41, 5.74) is -0.209. The van der Waals surface area contributed by atoms with Gasteiger partial charge in [-0.15, -0.1) is 11.8 Å². The van der Waals surface area contributed by atoms with Crippen molar-refractivity contribution >= 4 is 17.7 Å². The van der Waals surface area contributed by atoms with Gasteiger partial charge in [-0.05, 0) is 24.7 Å². The number of hydrogen-bond donors (Lipinski definition) is 0. The fraction of sp³-hybridized carbons (Fsp3) is 0.929. The average Bonchev–Trinajstić information content (AvgIpc) is 2.73. The average molecular weight is 254 g/mol. The number of carbonyl (C=O) groups is 1. The van der Waals surface area contributed by atoms with Gasteiger partial charge >= 0.3 is 5.97 Å². The molecule has 3 saturated heterocycles. The number of esters is 1. The Kier molecular flexibility index (Phi) is 2.40. The van der Waals surface area contributed by atoms with Gasteiger partial charge in [-0.1, -0.05) is 27.7 Å². The molecule has 96 valence electrons. The molecule has 2 bridgehead atoms. The van der Waals surface area contributed by atoms with Crippen LogP contribution in [0, 0.1) is 29.1 Å². The molecular weight excluding hydrogens is 232 g/mol. The third-order valence-corrected chi connectivity index (χ3v) is 7.14. The SMILES string of the molecule is CC(C)C1C2OC(=O)C3(C)C2SC1C3C(C)C. The van der Waals surface area contributed by atoms with Crippen LogP contribution in [0.4, 0.5) is 0 Å². The topological polar surface area (TPSA) is 26.3 Å². The maximum absolute atomic E-state index is 12.3. The second kappa shape index (κ2) is 3.43. The minimum absolute atomic E-state index is 0.0735. The maximum atomic E-state index is 12.3. The van der Waals surface area contributed by atoms with E-state index in [1.165, 1.54) is 0 Å². The van der Waals surface area contributed by atoms with Gasteiger partial charge in [0.25, 0.3) is 0 Å². The van der Waals surface area contributed by atoms with E-state index in [1.807, 2.05) is 11.8 Å². The molecule has 0 aromatic rings. The first kappa shape index (κ1) is 11.9. The number of ether oxygens (including phenoxy) is 1. The van der Waals surface area contributed by atoms with Crippen LogP contribution in [-0.2, 0) is 9.53 Å². The normalized spacial score (nSPS) is 51.7. The molecule has 0 saturated carbocycles. The lowest BCUT2D eigenvalue weighted by Gasteiger charge is -2.39. The number of fused-ring (bicyclic) bond motifs is 1. The van der Waals surface area contributed by atoms with E-state index in [-0.39, 0.29) is 17.5 Å². The third-order valence-electron chi connectivity index (χ3n) is 5.17. The minimum atomic E-state index is -0.209. The summed E-state index contributed by atoms with van der Waals surface area (Å²) in [5.74, 6) is 2.31. The zero-order valence-corrected chi connectivity index (χ0v) is 12.1. The molecule has 6 unspecified atom stereocenters. The van der Waals surface area contributed by atoms with Gasteiger partial charge in [0.1, 0.15) is 6.10 Å². The van der Waals surface area contributed by atoms with Gasteiger partial charge in [-0.2, -0.15) is 0 Å². The first-order valence-corrected chi connectivity index (χ1v) is 7.69. The maximum Gasteiger partial charge on any atom is 0.313 e. The number of rotatable bonds is 2. The summed E-state index contributed by atoms with van der Waals surface area (Å²) in [6, 6.07) is 0. The van der Waals surface area contributed by atoms with E-state index in [9.17, 15) is 4.79 Å². The third kappa shape index (κ3) is 1.22. The van der Waals surface area contributed by atoms with Crippen molar-refractivity contribution in [1.29, 1.82) is 0 Å². The monoisotopic (exact) mass is 254 g/mol. The zero-order valence-electron chi connectivity index (χ0n) is 11.3. The van der Waals surface area contributed by atoms with E-state index in [4.69, 9.17) is 4.74 Å². The van der Waals surface area contributed by atoms with Gasteiger partial charge in [-0.25, -0.2) is 0 Å². The first-order valence-electron chi connectivity index (χ1n) is 6.75. The lowest BCUT2D eigenvalue weighted by Crippen LogP contribution is -2.48. The summed E-state index contributed by atoms with van der Waals surface area (Å²) >= 11 is 2.04. The molecule has 0 spiro atoms. The second-order valence-corrected chi connectivity index (χ2v) is 8.09. The summed E-state index contributed by atoms with van der Waals surface area (Å²) in [5, 5.41) is 1.04. The predicted molar refractivity (Wildman–Crippen MR) is 69.8 cm³/mol. The highest BCUT2D eigenvalue weighted by Crippen LogP contribution is 2.69. The van der Waals surface area contributed by atoms with Crippen LogP contribution >= 0.6 is 11.8 Å². The highest BCUT2D eigenvalue weighted by molar-refractivity contribution is 8.01.